The molecule has 132 valence electrons. The summed E-state index contributed by atoms with van der Waals surface area (Å²) in [7, 11) is 1.80. The number of carbonyl (C=O) groups excluding carboxylic acids is 2. The SMILES string of the molecule is CC(C(=O)NCCC1=CCCCC1)N(C)CC(=O)NC(C)(C)C. The van der Waals surface area contributed by atoms with Gasteiger partial charge in [-0.1, -0.05) is 11.6 Å². The van der Waals surface area contributed by atoms with Crippen LogP contribution in [0, 0.1) is 0 Å². The summed E-state index contributed by atoms with van der Waals surface area (Å²) in [5, 5.41) is 5.89. The van der Waals surface area contributed by atoms with Crippen molar-refractivity contribution in [3.05, 3.63) is 11.6 Å². The van der Waals surface area contributed by atoms with E-state index in [0.717, 1.165) is 12.8 Å². The number of carbonyl (C=O) groups is 2. The van der Waals surface area contributed by atoms with Crippen LogP contribution in [0.4, 0.5) is 0 Å². The quantitative estimate of drug-likeness (QED) is 0.706. The second-order valence-corrected chi connectivity index (χ2v) is 7.54. The molecule has 0 radical (unpaired) electrons. The standard InChI is InChI=1S/C18H33N3O2/c1-14(21(5)13-16(22)20-18(2,3)4)17(23)19-12-11-15-9-7-6-8-10-15/h9,14H,6-8,10-13H2,1-5H3,(H,19,23)(H,20,22). The Kier molecular flexibility index (Phi) is 7.76. The van der Waals surface area contributed by atoms with Gasteiger partial charge in [0.05, 0.1) is 12.6 Å². The zero-order valence-electron chi connectivity index (χ0n) is 15.4. The van der Waals surface area contributed by atoms with Crippen LogP contribution < -0.4 is 10.6 Å². The van der Waals surface area contributed by atoms with Crippen molar-refractivity contribution in [1.82, 2.24) is 15.5 Å². The van der Waals surface area contributed by atoms with Crippen molar-refractivity contribution in [2.24, 2.45) is 0 Å². The van der Waals surface area contributed by atoms with Crippen molar-refractivity contribution < 1.29 is 9.59 Å². The first-order valence-corrected chi connectivity index (χ1v) is 8.66. The molecule has 0 bridgehead atoms. The predicted octanol–water partition coefficient (Wildman–Crippen LogP) is 2.23. The normalized spacial score (nSPS) is 16.7. The Bertz CT molecular complexity index is 438. The first-order valence-electron chi connectivity index (χ1n) is 8.66. The Morgan fingerprint density at radius 1 is 1.30 bits per heavy atom. The number of amides is 2. The van der Waals surface area contributed by atoms with Crippen LogP contribution in [-0.2, 0) is 9.59 Å². The topological polar surface area (TPSA) is 61.4 Å². The van der Waals surface area contributed by atoms with Crippen LogP contribution in [0.2, 0.25) is 0 Å². The van der Waals surface area contributed by atoms with Crippen LogP contribution in [0.5, 0.6) is 0 Å². The van der Waals surface area contributed by atoms with Gasteiger partial charge >= 0.3 is 0 Å². The average molecular weight is 323 g/mol. The van der Waals surface area contributed by atoms with Crippen molar-refractivity contribution in [2.75, 3.05) is 20.1 Å². The fourth-order valence-corrected chi connectivity index (χ4v) is 2.65. The van der Waals surface area contributed by atoms with E-state index in [9.17, 15) is 9.59 Å². The number of nitrogens with one attached hydrogen (secondary N) is 2. The second kappa shape index (κ2) is 9.06. The molecule has 0 fully saturated rings. The molecule has 1 aliphatic rings. The van der Waals surface area contributed by atoms with Gasteiger partial charge < -0.3 is 10.6 Å². The molecule has 1 rings (SSSR count). The number of likely N-dealkylation sites (N-methyl/N-ethyl adjacent to an activating group) is 1. The number of allylic oxidation sites excluding steroid dienone is 1. The highest BCUT2D eigenvalue weighted by Gasteiger charge is 2.21. The molecule has 0 spiro atoms. The molecule has 23 heavy (non-hydrogen) atoms. The summed E-state index contributed by atoms with van der Waals surface area (Å²) < 4.78 is 0. The van der Waals surface area contributed by atoms with Crippen molar-refractivity contribution in [3.63, 3.8) is 0 Å². The molecule has 0 saturated carbocycles. The van der Waals surface area contributed by atoms with E-state index in [-0.39, 0.29) is 29.9 Å². The minimum absolute atomic E-state index is 0.0209. The van der Waals surface area contributed by atoms with E-state index in [1.54, 1.807) is 11.9 Å². The Balaban J connectivity index is 2.31. The molecule has 0 aromatic carbocycles. The zero-order chi connectivity index (χ0) is 17.5. The van der Waals surface area contributed by atoms with E-state index < -0.39 is 0 Å². The molecule has 2 amide bonds. The lowest BCUT2D eigenvalue weighted by Gasteiger charge is -2.26. The molecule has 2 N–H and O–H groups in total. The first-order chi connectivity index (χ1) is 10.7. The fraction of sp³-hybridized carbons (Fsp3) is 0.778. The highest BCUT2D eigenvalue weighted by Crippen LogP contribution is 2.19. The first kappa shape index (κ1) is 19.7. The van der Waals surface area contributed by atoms with Crippen LogP contribution in [0.25, 0.3) is 0 Å². The molecule has 1 aliphatic carbocycles. The van der Waals surface area contributed by atoms with Gasteiger partial charge in [-0.2, -0.15) is 0 Å². The minimum Gasteiger partial charge on any atom is -0.354 e. The van der Waals surface area contributed by atoms with E-state index in [4.69, 9.17) is 0 Å². The molecular formula is C18H33N3O2. The highest BCUT2D eigenvalue weighted by atomic mass is 16.2. The molecule has 5 nitrogen and oxygen atoms in total. The van der Waals surface area contributed by atoms with Crippen LogP contribution in [0.15, 0.2) is 11.6 Å². The smallest absolute Gasteiger partial charge is 0.237 e. The summed E-state index contributed by atoms with van der Waals surface area (Å²) in [6, 6.07) is -0.318. The van der Waals surface area contributed by atoms with Crippen molar-refractivity contribution in [1.29, 1.82) is 0 Å². The zero-order valence-corrected chi connectivity index (χ0v) is 15.4. The number of rotatable bonds is 7. The van der Waals surface area contributed by atoms with Gasteiger partial charge in [0.15, 0.2) is 0 Å². The summed E-state index contributed by atoms with van der Waals surface area (Å²) in [6.07, 6.45) is 8.13. The van der Waals surface area contributed by atoms with Crippen LogP contribution >= 0.6 is 0 Å². The van der Waals surface area contributed by atoms with E-state index in [1.165, 1.54) is 24.8 Å². The molecule has 1 unspecified atom stereocenters. The van der Waals surface area contributed by atoms with Gasteiger partial charge in [0.1, 0.15) is 0 Å². The third kappa shape index (κ3) is 8.16. The Morgan fingerprint density at radius 2 is 2.00 bits per heavy atom. The van der Waals surface area contributed by atoms with Gasteiger partial charge in [0.2, 0.25) is 11.8 Å². The van der Waals surface area contributed by atoms with Crippen LogP contribution in [-0.4, -0.2) is 48.4 Å². The van der Waals surface area contributed by atoms with Crippen molar-refractivity contribution in [3.8, 4) is 0 Å². The summed E-state index contributed by atoms with van der Waals surface area (Å²) in [4.78, 5) is 25.9. The largest absolute Gasteiger partial charge is 0.354 e. The Morgan fingerprint density at radius 3 is 2.57 bits per heavy atom. The number of hydrogen-bond donors (Lipinski definition) is 2. The molecule has 0 aromatic heterocycles. The second-order valence-electron chi connectivity index (χ2n) is 7.54. The van der Waals surface area contributed by atoms with Crippen molar-refractivity contribution in [2.45, 2.75) is 71.4 Å². The van der Waals surface area contributed by atoms with Crippen LogP contribution in [0.3, 0.4) is 0 Å². The van der Waals surface area contributed by atoms with Gasteiger partial charge in [-0.25, -0.2) is 0 Å². The predicted molar refractivity (Wildman–Crippen MR) is 94.2 cm³/mol. The molecule has 5 heteroatoms. The number of nitrogens with zero attached hydrogens (tertiary/aromatic N) is 1. The molecule has 0 aliphatic heterocycles. The van der Waals surface area contributed by atoms with E-state index >= 15 is 0 Å². The Hall–Kier alpha value is -1.36. The molecule has 0 heterocycles. The Labute approximate surface area is 140 Å². The maximum absolute atomic E-state index is 12.2. The maximum Gasteiger partial charge on any atom is 0.237 e. The van der Waals surface area contributed by atoms with Gasteiger partial charge in [0.25, 0.3) is 0 Å². The lowest BCUT2D eigenvalue weighted by molar-refractivity contribution is -0.128. The highest BCUT2D eigenvalue weighted by molar-refractivity contribution is 5.83. The summed E-state index contributed by atoms with van der Waals surface area (Å²) in [5.74, 6) is -0.0838. The molecule has 0 saturated heterocycles. The van der Waals surface area contributed by atoms with E-state index in [0.29, 0.717) is 6.54 Å². The molecule has 1 atom stereocenters. The van der Waals surface area contributed by atoms with Gasteiger partial charge in [-0.15, -0.1) is 0 Å². The van der Waals surface area contributed by atoms with E-state index in [2.05, 4.69) is 16.7 Å². The van der Waals surface area contributed by atoms with E-state index in [1.807, 2.05) is 27.7 Å². The summed E-state index contributed by atoms with van der Waals surface area (Å²) >= 11 is 0. The summed E-state index contributed by atoms with van der Waals surface area (Å²) in [5.41, 5.74) is 1.21. The molecular weight excluding hydrogens is 290 g/mol. The summed E-state index contributed by atoms with van der Waals surface area (Å²) in [6.45, 7) is 8.57. The average Bonchev–Trinajstić information content (AvgIpc) is 2.45. The third-order valence-corrected chi connectivity index (χ3v) is 4.08. The molecule has 0 aromatic rings. The maximum atomic E-state index is 12.2. The van der Waals surface area contributed by atoms with Gasteiger partial charge in [-0.3, -0.25) is 14.5 Å². The van der Waals surface area contributed by atoms with Gasteiger partial charge in [0, 0.05) is 12.1 Å². The van der Waals surface area contributed by atoms with Crippen LogP contribution in [0.1, 0.15) is 59.8 Å². The lowest BCUT2D eigenvalue weighted by atomic mass is 9.97. The van der Waals surface area contributed by atoms with Gasteiger partial charge in [-0.05, 0) is 66.8 Å². The fourth-order valence-electron chi connectivity index (χ4n) is 2.65. The lowest BCUT2D eigenvalue weighted by Crippen LogP contribution is -2.50. The van der Waals surface area contributed by atoms with Crippen molar-refractivity contribution >= 4 is 11.8 Å². The number of hydrogen-bond acceptors (Lipinski definition) is 3. The third-order valence-electron chi connectivity index (χ3n) is 4.08. The minimum atomic E-state index is -0.318. The monoisotopic (exact) mass is 323 g/mol.